The number of rotatable bonds is 7. The topological polar surface area (TPSA) is 55.4 Å². The molecule has 0 aliphatic carbocycles. The molecule has 6 heteroatoms. The molecule has 0 aromatic rings. The van der Waals surface area contributed by atoms with Crippen molar-refractivity contribution in [1.82, 2.24) is 5.32 Å². The Morgan fingerprint density at radius 3 is 2.45 bits per heavy atom. The van der Waals surface area contributed by atoms with Crippen LogP contribution in [-0.2, 0) is 14.3 Å². The summed E-state index contributed by atoms with van der Waals surface area (Å²) < 4.78 is 4.42. The fourth-order valence-corrected chi connectivity index (χ4v) is 4.59. The van der Waals surface area contributed by atoms with E-state index in [-0.39, 0.29) is 18.2 Å². The molecule has 1 N–H and O–H groups in total. The van der Waals surface area contributed by atoms with Crippen LogP contribution in [0.2, 0.25) is 0 Å². The third-order valence-corrected chi connectivity index (χ3v) is 5.96. The lowest BCUT2D eigenvalue weighted by Crippen LogP contribution is -2.41. The van der Waals surface area contributed by atoms with E-state index in [1.54, 1.807) is 36.5 Å². The second kappa shape index (κ2) is 7.59. The quantitative estimate of drug-likeness (QED) is 0.339. The van der Waals surface area contributed by atoms with Gasteiger partial charge in [-0.1, -0.05) is 19.2 Å². The van der Waals surface area contributed by atoms with E-state index >= 15 is 0 Å². The average Bonchev–Trinajstić information content (AvgIpc) is 2.86. The molecule has 0 unspecified atom stereocenters. The van der Waals surface area contributed by atoms with Gasteiger partial charge < -0.3 is 10.1 Å². The van der Waals surface area contributed by atoms with Crippen molar-refractivity contribution in [2.24, 2.45) is 0 Å². The number of carbonyl (C=O) groups is 2. The van der Waals surface area contributed by atoms with Gasteiger partial charge in [-0.25, -0.2) is 4.79 Å². The number of allylic oxidation sites excluding steroid dienone is 1. The van der Waals surface area contributed by atoms with Gasteiger partial charge in [0.15, 0.2) is 0 Å². The highest BCUT2D eigenvalue weighted by molar-refractivity contribution is 8.22. The molecule has 0 aromatic heterocycles. The number of amides is 1. The SMILES string of the molecule is C=CCC1(C(=O)NCC(=C)OC(=O)C(=C)C)SCCS1. The van der Waals surface area contributed by atoms with Crippen LogP contribution in [0.3, 0.4) is 0 Å². The Labute approximate surface area is 128 Å². The van der Waals surface area contributed by atoms with Crippen LogP contribution in [0.5, 0.6) is 0 Å². The highest BCUT2D eigenvalue weighted by atomic mass is 32.2. The maximum atomic E-state index is 12.3. The smallest absolute Gasteiger partial charge is 0.338 e. The van der Waals surface area contributed by atoms with E-state index in [2.05, 4.69) is 25.1 Å². The standard InChI is InChI=1S/C14H19NO3S2/c1-5-6-14(19-7-8-20-14)13(17)15-9-11(4)18-12(16)10(2)3/h5H,1-2,4,6-9H2,3H3,(H,15,17). The highest BCUT2D eigenvalue weighted by Gasteiger charge is 2.41. The minimum atomic E-state index is -0.533. The average molecular weight is 313 g/mol. The van der Waals surface area contributed by atoms with Gasteiger partial charge in [-0.05, 0) is 13.3 Å². The van der Waals surface area contributed by atoms with E-state index in [0.717, 1.165) is 11.5 Å². The lowest BCUT2D eigenvalue weighted by Gasteiger charge is -2.24. The summed E-state index contributed by atoms with van der Waals surface area (Å²) >= 11 is 3.24. The van der Waals surface area contributed by atoms with E-state index in [1.807, 2.05) is 0 Å². The Kier molecular flexibility index (Phi) is 6.42. The molecular formula is C14H19NO3S2. The van der Waals surface area contributed by atoms with Crippen LogP contribution in [0.1, 0.15) is 13.3 Å². The van der Waals surface area contributed by atoms with Crippen LogP contribution in [0.15, 0.2) is 37.1 Å². The predicted molar refractivity (Wildman–Crippen MR) is 85.5 cm³/mol. The molecule has 20 heavy (non-hydrogen) atoms. The summed E-state index contributed by atoms with van der Waals surface area (Å²) in [6, 6.07) is 0. The highest BCUT2D eigenvalue weighted by Crippen LogP contribution is 2.46. The van der Waals surface area contributed by atoms with Gasteiger partial charge in [-0.2, -0.15) is 0 Å². The zero-order valence-electron chi connectivity index (χ0n) is 11.6. The summed E-state index contributed by atoms with van der Waals surface area (Å²) in [5.74, 6) is 1.47. The van der Waals surface area contributed by atoms with E-state index in [4.69, 9.17) is 4.74 Å². The first-order chi connectivity index (χ1) is 9.41. The fourth-order valence-electron chi connectivity index (χ4n) is 1.55. The van der Waals surface area contributed by atoms with Crippen molar-refractivity contribution < 1.29 is 14.3 Å². The maximum Gasteiger partial charge on any atom is 0.338 e. The summed E-state index contributed by atoms with van der Waals surface area (Å²) in [6.45, 7) is 12.5. The summed E-state index contributed by atoms with van der Waals surface area (Å²) in [5, 5.41) is 2.76. The molecule has 0 spiro atoms. The molecule has 1 heterocycles. The Bertz CT molecular complexity index is 440. The van der Waals surface area contributed by atoms with Crippen LogP contribution in [-0.4, -0.2) is 34.0 Å². The Morgan fingerprint density at radius 1 is 1.35 bits per heavy atom. The van der Waals surface area contributed by atoms with E-state index in [0.29, 0.717) is 12.0 Å². The first-order valence-electron chi connectivity index (χ1n) is 6.14. The Hall–Kier alpha value is -1.14. The predicted octanol–water partition coefficient (Wildman–Crippen LogP) is 2.49. The summed E-state index contributed by atoms with van der Waals surface area (Å²) in [6.07, 6.45) is 2.35. The van der Waals surface area contributed by atoms with Gasteiger partial charge in [-0.15, -0.1) is 30.1 Å². The van der Waals surface area contributed by atoms with Gasteiger partial charge in [0.05, 0.1) is 6.54 Å². The second-order valence-electron chi connectivity index (χ2n) is 4.33. The molecule has 1 fully saturated rings. The number of hydrogen-bond acceptors (Lipinski definition) is 5. The van der Waals surface area contributed by atoms with Gasteiger partial charge in [0.25, 0.3) is 0 Å². The van der Waals surface area contributed by atoms with Crippen LogP contribution in [0.4, 0.5) is 0 Å². The van der Waals surface area contributed by atoms with E-state index in [1.165, 1.54) is 0 Å². The summed E-state index contributed by atoms with van der Waals surface area (Å²) in [4.78, 5) is 23.6. The molecule has 1 amide bonds. The van der Waals surface area contributed by atoms with Crippen molar-refractivity contribution in [3.05, 3.63) is 37.1 Å². The number of esters is 1. The van der Waals surface area contributed by atoms with Crippen molar-refractivity contribution in [2.45, 2.75) is 17.4 Å². The van der Waals surface area contributed by atoms with Crippen LogP contribution in [0, 0.1) is 0 Å². The molecule has 0 radical (unpaired) electrons. The molecule has 4 nitrogen and oxygen atoms in total. The molecule has 0 aromatic carbocycles. The Morgan fingerprint density at radius 2 is 1.95 bits per heavy atom. The first kappa shape index (κ1) is 16.9. The van der Waals surface area contributed by atoms with Crippen molar-refractivity contribution in [3.8, 4) is 0 Å². The van der Waals surface area contributed by atoms with Gasteiger partial charge in [0.2, 0.25) is 5.91 Å². The zero-order chi connectivity index (χ0) is 15.2. The lowest BCUT2D eigenvalue weighted by molar-refractivity contribution is -0.135. The molecule has 0 atom stereocenters. The van der Waals surface area contributed by atoms with Crippen molar-refractivity contribution in [3.63, 3.8) is 0 Å². The van der Waals surface area contributed by atoms with E-state index in [9.17, 15) is 9.59 Å². The van der Waals surface area contributed by atoms with Gasteiger partial charge >= 0.3 is 5.97 Å². The van der Waals surface area contributed by atoms with Crippen LogP contribution in [0.25, 0.3) is 0 Å². The normalized spacial score (nSPS) is 16.2. The first-order valence-corrected chi connectivity index (χ1v) is 8.11. The third-order valence-electron chi connectivity index (χ3n) is 2.54. The zero-order valence-corrected chi connectivity index (χ0v) is 13.2. The minimum Gasteiger partial charge on any atom is -0.426 e. The number of nitrogens with one attached hydrogen (secondary N) is 1. The molecule has 1 aliphatic heterocycles. The number of hydrogen-bond donors (Lipinski definition) is 1. The fraction of sp³-hybridized carbons (Fsp3) is 0.429. The molecule has 1 aliphatic rings. The Balaban J connectivity index is 2.49. The largest absolute Gasteiger partial charge is 0.426 e. The number of thioether (sulfide) groups is 2. The molecule has 110 valence electrons. The third kappa shape index (κ3) is 4.45. The maximum absolute atomic E-state index is 12.3. The van der Waals surface area contributed by atoms with Gasteiger partial charge in [0, 0.05) is 17.1 Å². The molecular weight excluding hydrogens is 294 g/mol. The lowest BCUT2D eigenvalue weighted by atomic mass is 10.2. The summed E-state index contributed by atoms with van der Waals surface area (Å²) in [5.41, 5.74) is 0.294. The van der Waals surface area contributed by atoms with Crippen molar-refractivity contribution in [1.29, 1.82) is 0 Å². The van der Waals surface area contributed by atoms with Crippen molar-refractivity contribution in [2.75, 3.05) is 18.1 Å². The van der Waals surface area contributed by atoms with Gasteiger partial charge in [0.1, 0.15) is 9.84 Å². The van der Waals surface area contributed by atoms with Crippen LogP contribution >= 0.6 is 23.5 Å². The minimum absolute atomic E-state index is 0.0857. The monoisotopic (exact) mass is 313 g/mol. The van der Waals surface area contributed by atoms with Crippen LogP contribution < -0.4 is 5.32 Å². The molecule has 0 saturated carbocycles. The second-order valence-corrected chi connectivity index (χ2v) is 7.38. The molecule has 1 saturated heterocycles. The molecule has 1 rings (SSSR count). The van der Waals surface area contributed by atoms with E-state index < -0.39 is 10.0 Å². The van der Waals surface area contributed by atoms with Crippen molar-refractivity contribution >= 4 is 35.4 Å². The molecule has 0 bridgehead atoms. The number of carbonyl (C=O) groups excluding carboxylic acids is 2. The summed E-state index contributed by atoms with van der Waals surface area (Å²) in [7, 11) is 0. The van der Waals surface area contributed by atoms with Gasteiger partial charge in [-0.3, -0.25) is 4.79 Å². The number of ether oxygens (including phenoxy) is 1.